The minimum Gasteiger partial charge on any atom is -0.502 e. The molecule has 0 saturated carbocycles. The van der Waals surface area contributed by atoms with Gasteiger partial charge in [0.2, 0.25) is 0 Å². The number of nitro groups is 1. The molecule has 1 heterocycles. The highest BCUT2D eigenvalue weighted by atomic mass is 32.1. The van der Waals surface area contributed by atoms with Crippen LogP contribution < -0.4 is 0 Å². The number of rotatable bonds is 4. The molecule has 0 aliphatic heterocycles. The molecule has 0 atom stereocenters. The van der Waals surface area contributed by atoms with E-state index in [9.17, 15) is 20.0 Å². The average Bonchev–Trinajstić information content (AvgIpc) is 2.85. The molecule has 0 fully saturated rings. The Kier molecular flexibility index (Phi) is 4.41. The van der Waals surface area contributed by atoms with Gasteiger partial charge in [-0.25, -0.2) is 4.98 Å². The number of aryl methyl sites for hydroxylation is 2. The summed E-state index contributed by atoms with van der Waals surface area (Å²) < 4.78 is 0. The van der Waals surface area contributed by atoms with Gasteiger partial charge in [0.1, 0.15) is 0 Å². The van der Waals surface area contributed by atoms with Crippen LogP contribution in [0.4, 0.5) is 5.69 Å². The number of nitro benzene ring substituents is 1. The van der Waals surface area contributed by atoms with Gasteiger partial charge in [-0.1, -0.05) is 0 Å². The zero-order chi connectivity index (χ0) is 16.4. The molecule has 1 aromatic heterocycles. The number of aromatic nitrogens is 1. The molecule has 1 N–H and O–H groups in total. The minimum absolute atomic E-state index is 0.163. The van der Waals surface area contributed by atoms with Gasteiger partial charge in [0.15, 0.2) is 5.75 Å². The van der Waals surface area contributed by atoms with Crippen molar-refractivity contribution in [2.24, 2.45) is 0 Å². The van der Waals surface area contributed by atoms with Crippen LogP contribution in [0.1, 0.15) is 26.6 Å². The number of phenolic OH excluding ortho intramolecular Hbond substituents is 1. The first-order valence-electron chi connectivity index (χ1n) is 6.44. The van der Waals surface area contributed by atoms with E-state index in [2.05, 4.69) is 4.98 Å². The summed E-state index contributed by atoms with van der Waals surface area (Å²) in [5.41, 5.74) is 0.747. The van der Waals surface area contributed by atoms with Crippen molar-refractivity contribution in [1.29, 1.82) is 0 Å². The molecule has 0 aliphatic rings. The second-order valence-electron chi connectivity index (χ2n) is 4.94. The Labute approximate surface area is 131 Å². The van der Waals surface area contributed by atoms with E-state index in [-0.39, 0.29) is 17.0 Å². The number of aromatic hydroxyl groups is 1. The third kappa shape index (κ3) is 3.22. The Morgan fingerprint density at radius 1 is 1.45 bits per heavy atom. The van der Waals surface area contributed by atoms with Crippen LogP contribution in [-0.2, 0) is 6.54 Å². The number of amides is 1. The van der Waals surface area contributed by atoms with Crippen LogP contribution in [0.25, 0.3) is 0 Å². The fourth-order valence-electron chi connectivity index (χ4n) is 2.04. The lowest BCUT2D eigenvalue weighted by molar-refractivity contribution is -0.385. The van der Waals surface area contributed by atoms with Crippen molar-refractivity contribution in [1.82, 2.24) is 9.88 Å². The molecular formula is C14H15N3O4S. The number of hydrogen-bond acceptors (Lipinski definition) is 6. The molecule has 22 heavy (non-hydrogen) atoms. The lowest BCUT2D eigenvalue weighted by Crippen LogP contribution is -2.26. The highest BCUT2D eigenvalue weighted by molar-refractivity contribution is 7.09. The second-order valence-corrected chi connectivity index (χ2v) is 6.00. The number of carbonyl (C=O) groups is 1. The first-order chi connectivity index (χ1) is 10.3. The van der Waals surface area contributed by atoms with E-state index in [0.717, 1.165) is 16.8 Å². The molecule has 8 heteroatoms. The van der Waals surface area contributed by atoms with Gasteiger partial charge in [-0.3, -0.25) is 14.9 Å². The van der Waals surface area contributed by atoms with E-state index >= 15 is 0 Å². The number of benzene rings is 1. The summed E-state index contributed by atoms with van der Waals surface area (Å²) in [5.74, 6) is -0.781. The monoisotopic (exact) mass is 321 g/mol. The van der Waals surface area contributed by atoms with Crippen LogP contribution >= 0.6 is 11.3 Å². The van der Waals surface area contributed by atoms with Crippen LogP contribution in [0.3, 0.4) is 0 Å². The number of thiazole rings is 1. The smallest absolute Gasteiger partial charge is 0.311 e. The normalized spacial score (nSPS) is 10.5. The van der Waals surface area contributed by atoms with Gasteiger partial charge >= 0.3 is 5.69 Å². The molecule has 0 aliphatic carbocycles. The van der Waals surface area contributed by atoms with Gasteiger partial charge in [-0.05, 0) is 25.5 Å². The van der Waals surface area contributed by atoms with Gasteiger partial charge in [0, 0.05) is 24.1 Å². The van der Waals surface area contributed by atoms with Crippen molar-refractivity contribution >= 4 is 22.9 Å². The van der Waals surface area contributed by atoms with Gasteiger partial charge < -0.3 is 10.0 Å². The Morgan fingerprint density at radius 2 is 2.14 bits per heavy atom. The number of phenols is 1. The largest absolute Gasteiger partial charge is 0.502 e. The van der Waals surface area contributed by atoms with Gasteiger partial charge in [-0.15, -0.1) is 11.3 Å². The molecule has 116 valence electrons. The molecule has 0 radical (unpaired) electrons. The van der Waals surface area contributed by atoms with E-state index in [1.807, 2.05) is 12.3 Å². The Bertz CT molecular complexity index is 742. The maximum atomic E-state index is 12.4. The van der Waals surface area contributed by atoms with Crippen molar-refractivity contribution in [3.8, 4) is 5.75 Å². The van der Waals surface area contributed by atoms with Crippen molar-refractivity contribution in [2.75, 3.05) is 7.05 Å². The number of nitrogens with zero attached hydrogens (tertiary/aromatic N) is 3. The third-order valence-corrected chi connectivity index (χ3v) is 3.96. The fraction of sp³-hybridized carbons (Fsp3) is 0.286. The molecule has 2 aromatic rings. The van der Waals surface area contributed by atoms with Crippen molar-refractivity contribution in [2.45, 2.75) is 20.4 Å². The Morgan fingerprint density at radius 3 is 2.68 bits per heavy atom. The van der Waals surface area contributed by atoms with Crippen LogP contribution in [0.15, 0.2) is 17.5 Å². The molecule has 1 aromatic carbocycles. The molecule has 0 bridgehead atoms. The van der Waals surface area contributed by atoms with Crippen LogP contribution in [0.2, 0.25) is 0 Å². The van der Waals surface area contributed by atoms with E-state index in [4.69, 9.17) is 0 Å². The van der Waals surface area contributed by atoms with Gasteiger partial charge in [0.25, 0.3) is 5.91 Å². The maximum Gasteiger partial charge on any atom is 0.311 e. The van der Waals surface area contributed by atoms with Crippen molar-refractivity contribution in [3.05, 3.63) is 49.5 Å². The van der Waals surface area contributed by atoms with Crippen molar-refractivity contribution < 1.29 is 14.8 Å². The van der Waals surface area contributed by atoms with Crippen LogP contribution in [-0.4, -0.2) is 32.9 Å². The molecule has 7 nitrogen and oxygen atoms in total. The quantitative estimate of drug-likeness (QED) is 0.689. The lowest BCUT2D eigenvalue weighted by Gasteiger charge is -2.16. The summed E-state index contributed by atoms with van der Waals surface area (Å²) in [6.07, 6.45) is 0. The summed E-state index contributed by atoms with van der Waals surface area (Å²) >= 11 is 1.49. The van der Waals surface area contributed by atoms with E-state index in [1.54, 1.807) is 7.05 Å². The zero-order valence-electron chi connectivity index (χ0n) is 12.4. The van der Waals surface area contributed by atoms with Crippen molar-refractivity contribution in [3.63, 3.8) is 0 Å². The fourth-order valence-corrected chi connectivity index (χ4v) is 2.64. The van der Waals surface area contributed by atoms with E-state index in [1.165, 1.54) is 29.2 Å². The minimum atomic E-state index is -0.705. The summed E-state index contributed by atoms with van der Waals surface area (Å²) in [6, 6.07) is 2.53. The number of carbonyl (C=O) groups excluding carboxylic acids is 1. The molecule has 0 spiro atoms. The highest BCUT2D eigenvalue weighted by Crippen LogP contribution is 2.31. The second kappa shape index (κ2) is 6.10. The summed E-state index contributed by atoms with van der Waals surface area (Å²) in [5, 5.41) is 23.4. The molecular weight excluding hydrogens is 306 g/mol. The van der Waals surface area contributed by atoms with Gasteiger partial charge in [0.05, 0.1) is 22.2 Å². The third-order valence-electron chi connectivity index (χ3n) is 3.14. The SMILES string of the molecule is Cc1nc(CN(C)C(=O)c2cc(C)c(O)c([N+](=O)[O-])c2)cs1. The molecule has 2 rings (SSSR count). The summed E-state index contributed by atoms with van der Waals surface area (Å²) in [7, 11) is 1.60. The topological polar surface area (TPSA) is 96.6 Å². The molecule has 0 unspecified atom stereocenters. The lowest BCUT2D eigenvalue weighted by atomic mass is 10.1. The maximum absolute atomic E-state index is 12.4. The number of hydrogen-bond donors (Lipinski definition) is 1. The Hall–Kier alpha value is -2.48. The molecule has 1 amide bonds. The predicted octanol–water partition coefficient (Wildman–Crippen LogP) is 2.65. The zero-order valence-corrected chi connectivity index (χ0v) is 13.2. The summed E-state index contributed by atoms with van der Waals surface area (Å²) in [6.45, 7) is 3.71. The van der Waals surface area contributed by atoms with E-state index < -0.39 is 16.4 Å². The first kappa shape index (κ1) is 15.9. The average molecular weight is 321 g/mol. The predicted molar refractivity (Wildman–Crippen MR) is 82.1 cm³/mol. The van der Waals surface area contributed by atoms with Crippen LogP contribution in [0.5, 0.6) is 5.75 Å². The van der Waals surface area contributed by atoms with Crippen LogP contribution in [0, 0.1) is 24.0 Å². The Balaban J connectivity index is 2.27. The first-order valence-corrected chi connectivity index (χ1v) is 7.32. The summed E-state index contributed by atoms with van der Waals surface area (Å²) in [4.78, 5) is 28.3. The highest BCUT2D eigenvalue weighted by Gasteiger charge is 2.22. The van der Waals surface area contributed by atoms with Gasteiger partial charge in [-0.2, -0.15) is 0 Å². The molecule has 0 saturated heterocycles. The van der Waals surface area contributed by atoms with E-state index in [0.29, 0.717) is 6.54 Å². The standard InChI is InChI=1S/C14H15N3O4S/c1-8-4-10(5-12(13(8)18)17(20)21)14(19)16(3)6-11-7-22-9(2)15-11/h4-5,7,18H,6H2,1-3H3.